The molecule has 0 saturated carbocycles. The molecule has 146 valence electrons. The maximum atomic E-state index is 12.2. The quantitative estimate of drug-likeness (QED) is 0.259. The smallest absolute Gasteiger partial charge is 0.343 e. The molecule has 0 fully saturated rings. The molecule has 0 spiro atoms. The van der Waals surface area contributed by atoms with Gasteiger partial charge in [-0.05, 0) is 78.4 Å². The Morgan fingerprint density at radius 2 is 1.45 bits per heavy atom. The number of hydrazone groups is 1. The summed E-state index contributed by atoms with van der Waals surface area (Å²) in [6.07, 6.45) is 1.51. The molecule has 29 heavy (non-hydrogen) atoms. The van der Waals surface area contributed by atoms with Gasteiger partial charge < -0.3 is 9.47 Å². The van der Waals surface area contributed by atoms with E-state index < -0.39 is 5.97 Å². The van der Waals surface area contributed by atoms with Gasteiger partial charge in [-0.2, -0.15) is 5.10 Å². The normalized spacial score (nSPS) is 10.6. The number of amides is 1. The molecule has 0 aromatic heterocycles. The SMILES string of the molecule is COc1ccc(C(=O)Oc2ccc(C=NNC(=O)c3ccc(Br)cc3)cc2)cc1. The van der Waals surface area contributed by atoms with E-state index in [4.69, 9.17) is 9.47 Å². The zero-order chi connectivity index (χ0) is 20.6. The number of halogens is 1. The molecular formula is C22H17BrN2O4. The molecule has 0 heterocycles. The van der Waals surface area contributed by atoms with Gasteiger partial charge in [0, 0.05) is 10.0 Å². The molecule has 3 aromatic rings. The molecule has 3 rings (SSSR count). The van der Waals surface area contributed by atoms with Crippen LogP contribution in [0.3, 0.4) is 0 Å². The van der Waals surface area contributed by atoms with Crippen LogP contribution in [0.4, 0.5) is 0 Å². The highest BCUT2D eigenvalue weighted by Crippen LogP contribution is 2.16. The Hall–Kier alpha value is -3.45. The first kappa shape index (κ1) is 20.3. The summed E-state index contributed by atoms with van der Waals surface area (Å²) in [5.41, 5.74) is 4.13. The lowest BCUT2D eigenvalue weighted by Gasteiger charge is -2.05. The molecule has 1 N–H and O–H groups in total. The number of methoxy groups -OCH3 is 1. The number of nitrogens with zero attached hydrogens (tertiary/aromatic N) is 1. The first-order valence-electron chi connectivity index (χ1n) is 8.60. The summed E-state index contributed by atoms with van der Waals surface area (Å²) in [6, 6.07) is 20.4. The predicted octanol–water partition coefficient (Wildman–Crippen LogP) is 4.44. The maximum Gasteiger partial charge on any atom is 0.343 e. The Morgan fingerprint density at radius 3 is 2.07 bits per heavy atom. The van der Waals surface area contributed by atoms with Crippen LogP contribution in [0.1, 0.15) is 26.3 Å². The van der Waals surface area contributed by atoms with Crippen molar-refractivity contribution in [2.45, 2.75) is 0 Å². The first-order chi connectivity index (χ1) is 14.0. The zero-order valence-electron chi connectivity index (χ0n) is 15.5. The number of esters is 1. The number of nitrogens with one attached hydrogen (secondary N) is 1. The Labute approximate surface area is 176 Å². The van der Waals surface area contributed by atoms with E-state index in [-0.39, 0.29) is 5.91 Å². The molecule has 0 aliphatic rings. The minimum Gasteiger partial charge on any atom is -0.497 e. The molecule has 0 radical (unpaired) electrons. The number of ether oxygens (including phenoxy) is 2. The van der Waals surface area contributed by atoms with Crippen LogP contribution in [0, 0.1) is 0 Å². The lowest BCUT2D eigenvalue weighted by Crippen LogP contribution is -2.17. The average Bonchev–Trinajstić information content (AvgIpc) is 2.75. The second-order valence-corrected chi connectivity index (χ2v) is 6.81. The van der Waals surface area contributed by atoms with Gasteiger partial charge in [0.2, 0.25) is 0 Å². The van der Waals surface area contributed by atoms with Crippen LogP contribution in [0.15, 0.2) is 82.4 Å². The van der Waals surface area contributed by atoms with E-state index in [9.17, 15) is 9.59 Å². The average molecular weight is 453 g/mol. The van der Waals surface area contributed by atoms with Gasteiger partial charge in [-0.1, -0.05) is 15.9 Å². The minimum absolute atomic E-state index is 0.307. The zero-order valence-corrected chi connectivity index (χ0v) is 17.0. The molecular weight excluding hydrogens is 436 g/mol. The van der Waals surface area contributed by atoms with Gasteiger partial charge in [0.25, 0.3) is 5.91 Å². The van der Waals surface area contributed by atoms with E-state index >= 15 is 0 Å². The fraction of sp³-hybridized carbons (Fsp3) is 0.0455. The van der Waals surface area contributed by atoms with E-state index in [1.165, 1.54) is 6.21 Å². The van der Waals surface area contributed by atoms with Crippen LogP contribution < -0.4 is 14.9 Å². The van der Waals surface area contributed by atoms with Gasteiger partial charge in [-0.3, -0.25) is 4.79 Å². The molecule has 0 unspecified atom stereocenters. The monoisotopic (exact) mass is 452 g/mol. The first-order valence-corrected chi connectivity index (χ1v) is 9.40. The van der Waals surface area contributed by atoms with Crippen LogP contribution in [0.5, 0.6) is 11.5 Å². The van der Waals surface area contributed by atoms with Crippen molar-refractivity contribution in [2.75, 3.05) is 7.11 Å². The van der Waals surface area contributed by atoms with Crippen molar-refractivity contribution < 1.29 is 19.1 Å². The summed E-state index contributed by atoms with van der Waals surface area (Å²) in [7, 11) is 1.56. The third-order valence-corrected chi connectivity index (χ3v) is 4.43. The van der Waals surface area contributed by atoms with Crippen LogP contribution in [-0.4, -0.2) is 25.2 Å². The lowest BCUT2D eigenvalue weighted by atomic mass is 10.2. The third-order valence-electron chi connectivity index (χ3n) is 3.90. The van der Waals surface area contributed by atoms with Gasteiger partial charge in [0.05, 0.1) is 18.9 Å². The predicted molar refractivity (Wildman–Crippen MR) is 114 cm³/mol. The summed E-state index contributed by atoms with van der Waals surface area (Å²) < 4.78 is 11.3. The summed E-state index contributed by atoms with van der Waals surface area (Å²) in [4.78, 5) is 24.2. The Bertz CT molecular complexity index is 1010. The molecule has 7 heteroatoms. The van der Waals surface area contributed by atoms with Gasteiger partial charge in [0.1, 0.15) is 11.5 Å². The number of hydrogen-bond donors (Lipinski definition) is 1. The minimum atomic E-state index is -0.462. The Morgan fingerprint density at radius 1 is 0.862 bits per heavy atom. The Balaban J connectivity index is 1.55. The fourth-order valence-corrected chi connectivity index (χ4v) is 2.61. The highest BCUT2D eigenvalue weighted by molar-refractivity contribution is 9.10. The standard InChI is InChI=1S/C22H17BrN2O4/c1-28-19-12-6-17(7-13-19)22(27)29-20-10-2-15(3-11-20)14-24-25-21(26)16-4-8-18(23)9-5-16/h2-14H,1H3,(H,25,26). The van der Waals surface area contributed by atoms with Crippen LogP contribution >= 0.6 is 15.9 Å². The second-order valence-electron chi connectivity index (χ2n) is 5.89. The molecule has 3 aromatic carbocycles. The van der Waals surface area contributed by atoms with Crippen molar-refractivity contribution in [1.82, 2.24) is 5.43 Å². The van der Waals surface area contributed by atoms with Crippen molar-refractivity contribution in [2.24, 2.45) is 5.10 Å². The summed E-state index contributed by atoms with van der Waals surface area (Å²) in [5.74, 6) is 0.300. The Kier molecular flexibility index (Phi) is 6.76. The number of carbonyl (C=O) groups excluding carboxylic acids is 2. The van der Waals surface area contributed by atoms with Gasteiger partial charge in [-0.25, -0.2) is 10.2 Å². The molecule has 0 aliphatic carbocycles. The van der Waals surface area contributed by atoms with E-state index in [2.05, 4.69) is 26.5 Å². The van der Waals surface area contributed by atoms with E-state index in [0.29, 0.717) is 22.6 Å². The van der Waals surface area contributed by atoms with E-state index in [0.717, 1.165) is 10.0 Å². The van der Waals surface area contributed by atoms with Crippen molar-refractivity contribution in [3.63, 3.8) is 0 Å². The summed E-state index contributed by atoms with van der Waals surface area (Å²) in [5, 5.41) is 3.94. The van der Waals surface area contributed by atoms with Crippen LogP contribution in [-0.2, 0) is 0 Å². The summed E-state index contributed by atoms with van der Waals surface area (Å²) in [6.45, 7) is 0. The third kappa shape index (κ3) is 5.76. The van der Waals surface area contributed by atoms with Crippen LogP contribution in [0.25, 0.3) is 0 Å². The van der Waals surface area contributed by atoms with Gasteiger partial charge in [0.15, 0.2) is 0 Å². The molecule has 0 aliphatic heterocycles. The molecule has 0 saturated heterocycles. The largest absolute Gasteiger partial charge is 0.497 e. The summed E-state index contributed by atoms with van der Waals surface area (Å²) >= 11 is 3.32. The van der Waals surface area contributed by atoms with Crippen molar-refractivity contribution in [3.8, 4) is 11.5 Å². The molecule has 0 bridgehead atoms. The second kappa shape index (κ2) is 9.66. The number of rotatable bonds is 6. The molecule has 6 nitrogen and oxygen atoms in total. The van der Waals surface area contributed by atoms with Crippen molar-refractivity contribution in [3.05, 3.63) is 94.0 Å². The highest BCUT2D eigenvalue weighted by atomic mass is 79.9. The van der Waals surface area contributed by atoms with Gasteiger partial charge in [-0.15, -0.1) is 0 Å². The molecule has 0 atom stereocenters. The topological polar surface area (TPSA) is 77.0 Å². The van der Waals surface area contributed by atoms with E-state index in [1.54, 1.807) is 79.9 Å². The number of benzene rings is 3. The maximum absolute atomic E-state index is 12.2. The molecule has 1 amide bonds. The van der Waals surface area contributed by atoms with Crippen LogP contribution in [0.2, 0.25) is 0 Å². The van der Waals surface area contributed by atoms with Crippen molar-refractivity contribution in [1.29, 1.82) is 0 Å². The fourth-order valence-electron chi connectivity index (χ4n) is 2.35. The van der Waals surface area contributed by atoms with E-state index in [1.807, 2.05) is 0 Å². The number of carbonyl (C=O) groups is 2. The number of hydrogen-bond acceptors (Lipinski definition) is 5. The lowest BCUT2D eigenvalue weighted by molar-refractivity contribution is 0.0734. The van der Waals surface area contributed by atoms with Gasteiger partial charge >= 0.3 is 5.97 Å². The van der Waals surface area contributed by atoms with Crippen molar-refractivity contribution >= 4 is 34.0 Å². The highest BCUT2D eigenvalue weighted by Gasteiger charge is 2.08.